The third-order valence-electron chi connectivity index (χ3n) is 4.50. The zero-order valence-corrected chi connectivity index (χ0v) is 16.9. The van der Waals surface area contributed by atoms with Gasteiger partial charge in [-0.25, -0.2) is 9.37 Å². The largest absolute Gasteiger partial charge is 0.487 e. The summed E-state index contributed by atoms with van der Waals surface area (Å²) < 4.78 is 19.7. The number of halogens is 1. The Balaban J connectivity index is 1.40. The van der Waals surface area contributed by atoms with Crippen LogP contribution in [-0.2, 0) is 6.61 Å². The molecule has 0 spiro atoms. The van der Waals surface area contributed by atoms with Crippen molar-refractivity contribution in [3.8, 4) is 5.75 Å². The van der Waals surface area contributed by atoms with Crippen LogP contribution >= 0.6 is 23.1 Å². The molecule has 1 aromatic heterocycles. The molecule has 4 rings (SSSR count). The van der Waals surface area contributed by atoms with Crippen molar-refractivity contribution < 1.29 is 13.9 Å². The minimum Gasteiger partial charge on any atom is -0.487 e. The quantitative estimate of drug-likeness (QED) is 0.628. The molecule has 3 aromatic rings. The van der Waals surface area contributed by atoms with Crippen LogP contribution in [0.1, 0.15) is 39.1 Å². The molecule has 28 heavy (non-hydrogen) atoms. The summed E-state index contributed by atoms with van der Waals surface area (Å²) in [5, 5.41) is 6.01. The molecular formula is C21H19FN2O2S2. The highest BCUT2D eigenvalue weighted by atomic mass is 32.2. The Morgan fingerprint density at radius 2 is 2.11 bits per heavy atom. The number of aryl methyl sites for hydroxylation is 1. The van der Waals surface area contributed by atoms with Gasteiger partial charge < -0.3 is 10.1 Å². The Labute approximate surface area is 171 Å². The van der Waals surface area contributed by atoms with Crippen LogP contribution in [0, 0.1) is 12.7 Å². The molecular weight excluding hydrogens is 395 g/mol. The fraction of sp³-hybridized carbons (Fsp3) is 0.238. The van der Waals surface area contributed by atoms with E-state index in [1.807, 2.05) is 18.4 Å². The summed E-state index contributed by atoms with van der Waals surface area (Å²) in [7, 11) is 0. The van der Waals surface area contributed by atoms with Crippen LogP contribution in [0.5, 0.6) is 5.75 Å². The fourth-order valence-corrected chi connectivity index (χ4v) is 4.85. The summed E-state index contributed by atoms with van der Waals surface area (Å²) in [6.07, 6.45) is 0.779. The molecule has 0 saturated heterocycles. The van der Waals surface area contributed by atoms with Crippen molar-refractivity contribution in [3.05, 3.63) is 75.5 Å². The molecule has 1 N–H and O–H groups in total. The summed E-state index contributed by atoms with van der Waals surface area (Å²) in [6, 6.07) is 11.9. The number of hydrogen-bond acceptors (Lipinski definition) is 5. The number of thioether (sulfide) groups is 1. The van der Waals surface area contributed by atoms with Crippen LogP contribution in [0.4, 0.5) is 4.39 Å². The van der Waals surface area contributed by atoms with Gasteiger partial charge in [0.15, 0.2) is 0 Å². The van der Waals surface area contributed by atoms with E-state index in [-0.39, 0.29) is 17.8 Å². The first-order valence-electron chi connectivity index (χ1n) is 8.96. The number of ether oxygens (including phenoxy) is 1. The number of thiazole rings is 1. The number of carbonyl (C=O) groups is 1. The van der Waals surface area contributed by atoms with Gasteiger partial charge in [0.1, 0.15) is 18.2 Å². The Bertz CT molecular complexity index is 988. The highest BCUT2D eigenvalue weighted by Crippen LogP contribution is 2.37. The second kappa shape index (κ2) is 8.32. The first kappa shape index (κ1) is 19.0. The Kier molecular flexibility index (Phi) is 5.64. The van der Waals surface area contributed by atoms with E-state index in [1.165, 1.54) is 17.8 Å². The van der Waals surface area contributed by atoms with E-state index in [4.69, 9.17) is 4.74 Å². The lowest BCUT2D eigenvalue weighted by Crippen LogP contribution is -2.30. The highest BCUT2D eigenvalue weighted by Gasteiger charge is 2.24. The first-order chi connectivity index (χ1) is 13.6. The monoisotopic (exact) mass is 414 g/mol. The summed E-state index contributed by atoms with van der Waals surface area (Å²) in [4.78, 5) is 17.6. The number of aromatic nitrogens is 1. The molecule has 2 heterocycles. The molecule has 0 bridgehead atoms. The van der Waals surface area contributed by atoms with E-state index >= 15 is 0 Å². The third-order valence-corrected chi connectivity index (χ3v) is 6.48. The maximum atomic E-state index is 14.0. The zero-order chi connectivity index (χ0) is 19.5. The third kappa shape index (κ3) is 4.20. The van der Waals surface area contributed by atoms with Crippen LogP contribution < -0.4 is 10.1 Å². The Morgan fingerprint density at radius 3 is 2.86 bits per heavy atom. The van der Waals surface area contributed by atoms with Crippen LogP contribution in [-0.4, -0.2) is 16.6 Å². The van der Waals surface area contributed by atoms with Crippen molar-refractivity contribution in [2.45, 2.75) is 30.9 Å². The molecule has 0 saturated carbocycles. The normalized spacial score (nSPS) is 15.7. The first-order valence-corrected chi connectivity index (χ1v) is 10.8. The second-order valence-electron chi connectivity index (χ2n) is 6.49. The van der Waals surface area contributed by atoms with Gasteiger partial charge in [0.25, 0.3) is 5.91 Å². The molecule has 1 atom stereocenters. The molecule has 0 fully saturated rings. The van der Waals surface area contributed by atoms with Crippen molar-refractivity contribution in [1.29, 1.82) is 0 Å². The number of carbonyl (C=O) groups excluding carboxylic acids is 1. The number of benzene rings is 2. The summed E-state index contributed by atoms with van der Waals surface area (Å²) in [5.41, 5.74) is 2.29. The van der Waals surface area contributed by atoms with E-state index in [0.29, 0.717) is 22.8 Å². The number of hydrogen-bond donors (Lipinski definition) is 1. The van der Waals surface area contributed by atoms with Gasteiger partial charge in [-0.2, -0.15) is 0 Å². The maximum absolute atomic E-state index is 14.0. The smallest absolute Gasteiger partial charge is 0.251 e. The van der Waals surface area contributed by atoms with Crippen molar-refractivity contribution in [1.82, 2.24) is 10.3 Å². The molecule has 7 heteroatoms. The van der Waals surface area contributed by atoms with Gasteiger partial charge in [0.05, 0.1) is 16.7 Å². The van der Waals surface area contributed by atoms with Gasteiger partial charge in [0.2, 0.25) is 0 Å². The van der Waals surface area contributed by atoms with Crippen LogP contribution in [0.25, 0.3) is 0 Å². The second-order valence-corrected chi connectivity index (χ2v) is 8.66. The van der Waals surface area contributed by atoms with E-state index in [0.717, 1.165) is 28.4 Å². The fourth-order valence-electron chi connectivity index (χ4n) is 3.11. The van der Waals surface area contributed by atoms with Gasteiger partial charge in [-0.05, 0) is 49.2 Å². The molecule has 0 radical (unpaired) electrons. The molecule has 0 unspecified atom stereocenters. The minimum atomic E-state index is -0.224. The number of fused-ring (bicyclic) bond motifs is 1. The lowest BCUT2D eigenvalue weighted by atomic mass is 10.0. The summed E-state index contributed by atoms with van der Waals surface area (Å²) in [5.74, 6) is 1.07. The molecule has 4 nitrogen and oxygen atoms in total. The van der Waals surface area contributed by atoms with Gasteiger partial charge in [-0.3, -0.25) is 4.79 Å². The van der Waals surface area contributed by atoms with Crippen molar-refractivity contribution >= 4 is 29.0 Å². The SMILES string of the molecule is Cc1nc(COc2ccc(C(=O)N[C@@H]3CCSc4c(F)cccc43)cc2)cs1. The average Bonchev–Trinajstić information content (AvgIpc) is 3.13. The van der Waals surface area contributed by atoms with Crippen molar-refractivity contribution in [3.63, 3.8) is 0 Å². The lowest BCUT2D eigenvalue weighted by Gasteiger charge is -2.26. The van der Waals surface area contributed by atoms with E-state index in [1.54, 1.807) is 41.7 Å². The van der Waals surface area contributed by atoms with Crippen LogP contribution in [0.2, 0.25) is 0 Å². The van der Waals surface area contributed by atoms with E-state index < -0.39 is 0 Å². The van der Waals surface area contributed by atoms with Crippen LogP contribution in [0.3, 0.4) is 0 Å². The van der Waals surface area contributed by atoms with Gasteiger partial charge in [-0.15, -0.1) is 23.1 Å². The number of nitrogens with one attached hydrogen (secondary N) is 1. The summed E-state index contributed by atoms with van der Waals surface area (Å²) >= 11 is 3.09. The standard InChI is InChI=1S/C21H19FN2O2S2/c1-13-23-15(12-28-13)11-26-16-7-5-14(6-8-16)21(25)24-19-9-10-27-20-17(19)3-2-4-18(20)22/h2-8,12,19H,9-11H2,1H3,(H,24,25)/t19-/m1/s1. The number of rotatable bonds is 5. The van der Waals surface area contributed by atoms with Crippen LogP contribution in [0.15, 0.2) is 52.7 Å². The van der Waals surface area contributed by atoms with Crippen molar-refractivity contribution in [2.24, 2.45) is 0 Å². The van der Waals surface area contributed by atoms with Gasteiger partial charge in [0, 0.05) is 21.6 Å². The van der Waals surface area contributed by atoms with Gasteiger partial charge in [-0.1, -0.05) is 12.1 Å². The number of amides is 1. The zero-order valence-electron chi connectivity index (χ0n) is 15.3. The molecule has 2 aromatic carbocycles. The number of nitrogens with zero attached hydrogens (tertiary/aromatic N) is 1. The Morgan fingerprint density at radius 1 is 1.29 bits per heavy atom. The molecule has 0 aliphatic carbocycles. The minimum absolute atomic E-state index is 0.172. The molecule has 1 amide bonds. The molecule has 1 aliphatic heterocycles. The lowest BCUT2D eigenvalue weighted by molar-refractivity contribution is 0.0934. The predicted octanol–water partition coefficient (Wildman–Crippen LogP) is 5.14. The Hall–Kier alpha value is -2.38. The summed E-state index contributed by atoms with van der Waals surface area (Å²) in [6.45, 7) is 2.36. The average molecular weight is 415 g/mol. The highest BCUT2D eigenvalue weighted by molar-refractivity contribution is 7.99. The molecule has 1 aliphatic rings. The van der Waals surface area contributed by atoms with E-state index in [2.05, 4.69) is 10.3 Å². The maximum Gasteiger partial charge on any atom is 0.251 e. The topological polar surface area (TPSA) is 51.2 Å². The van der Waals surface area contributed by atoms with Gasteiger partial charge >= 0.3 is 0 Å². The molecule has 144 valence electrons. The predicted molar refractivity (Wildman–Crippen MR) is 110 cm³/mol. The van der Waals surface area contributed by atoms with E-state index in [9.17, 15) is 9.18 Å². The van der Waals surface area contributed by atoms with Crippen molar-refractivity contribution in [2.75, 3.05) is 5.75 Å².